The molecule has 1 aromatic carbocycles. The van der Waals surface area contributed by atoms with E-state index in [1.807, 2.05) is 0 Å². The molecule has 0 fully saturated rings. The van der Waals surface area contributed by atoms with Gasteiger partial charge in [0.2, 0.25) is 0 Å². The second-order valence-electron chi connectivity index (χ2n) is 10.6. The van der Waals surface area contributed by atoms with E-state index in [-0.39, 0.29) is 11.3 Å². The van der Waals surface area contributed by atoms with Crippen molar-refractivity contribution < 1.29 is 14.2 Å². The molecule has 3 nitrogen and oxygen atoms in total. The molecule has 0 aromatic heterocycles. The lowest BCUT2D eigenvalue weighted by Crippen LogP contribution is -2.47. The molecule has 0 bridgehead atoms. The summed E-state index contributed by atoms with van der Waals surface area (Å²) in [4.78, 5) is 0. The van der Waals surface area contributed by atoms with Crippen molar-refractivity contribution in [1.29, 1.82) is 0 Å². The molecule has 0 saturated carbocycles. The molecule has 2 atom stereocenters. The third-order valence-corrected chi connectivity index (χ3v) is 7.82. The quantitative estimate of drug-likeness (QED) is 0.0703. The Labute approximate surface area is 235 Å². The molecule has 0 amide bonds. The van der Waals surface area contributed by atoms with Gasteiger partial charge in [0, 0.05) is 5.92 Å². The minimum Gasteiger partial charge on any atom is -0.327 e. The summed E-state index contributed by atoms with van der Waals surface area (Å²) < 4.78 is 19.9. The van der Waals surface area contributed by atoms with Crippen molar-refractivity contribution in [2.75, 3.05) is 19.8 Å². The van der Waals surface area contributed by atoms with Crippen LogP contribution in [0, 0.1) is 5.92 Å². The van der Waals surface area contributed by atoms with Gasteiger partial charge in [-0.25, -0.2) is 0 Å². The Morgan fingerprint density at radius 1 is 0.676 bits per heavy atom. The third kappa shape index (κ3) is 14.4. The highest BCUT2D eigenvalue weighted by atomic mass is 35.5. The highest BCUT2D eigenvalue weighted by Crippen LogP contribution is 2.35. The molecule has 0 aliphatic heterocycles. The molecular weight excluding hydrogens is 480 g/mol. The Morgan fingerprint density at radius 3 is 1.76 bits per heavy atom. The molecule has 0 aliphatic carbocycles. The van der Waals surface area contributed by atoms with Gasteiger partial charge < -0.3 is 14.2 Å². The van der Waals surface area contributed by atoms with Crippen LogP contribution in [0.5, 0.6) is 0 Å². The van der Waals surface area contributed by atoms with E-state index in [9.17, 15) is 0 Å². The summed E-state index contributed by atoms with van der Waals surface area (Å²) in [7, 11) is 0. The average Bonchev–Trinajstić information content (AvgIpc) is 2.92. The molecule has 0 saturated heterocycles. The van der Waals surface area contributed by atoms with E-state index in [0.717, 1.165) is 64.2 Å². The second kappa shape index (κ2) is 22.2. The van der Waals surface area contributed by atoms with Gasteiger partial charge in [-0.1, -0.05) is 117 Å². The number of rotatable bonds is 25. The van der Waals surface area contributed by atoms with Gasteiger partial charge in [0.1, 0.15) is 0 Å². The van der Waals surface area contributed by atoms with Crippen LogP contribution in [0.15, 0.2) is 24.3 Å². The topological polar surface area (TPSA) is 27.7 Å². The predicted octanol–water partition coefficient (Wildman–Crippen LogP) is 10.8. The zero-order chi connectivity index (χ0) is 27.2. The van der Waals surface area contributed by atoms with Gasteiger partial charge in [-0.2, -0.15) is 0 Å². The summed E-state index contributed by atoms with van der Waals surface area (Å²) in [5, 5.41) is 0.0742. The summed E-state index contributed by atoms with van der Waals surface area (Å²) in [6.07, 6.45) is 18.1. The Morgan fingerprint density at radius 2 is 1.22 bits per heavy atom. The Kier molecular flexibility index (Phi) is 20.7. The molecule has 2 unspecified atom stereocenters. The van der Waals surface area contributed by atoms with Crippen LogP contribution in [0.25, 0.3) is 0 Å². The van der Waals surface area contributed by atoms with Crippen LogP contribution in [-0.2, 0) is 20.6 Å². The van der Waals surface area contributed by atoms with Gasteiger partial charge in [0.05, 0.1) is 25.2 Å². The molecule has 0 N–H and O–H groups in total. The number of alkyl halides is 1. The first kappa shape index (κ1) is 34.4. The molecule has 1 aromatic rings. The van der Waals surface area contributed by atoms with Gasteiger partial charge >= 0.3 is 0 Å². The van der Waals surface area contributed by atoms with Crippen LogP contribution in [0.3, 0.4) is 0 Å². The van der Waals surface area contributed by atoms with Crippen molar-refractivity contribution >= 4 is 11.6 Å². The average molecular weight is 539 g/mol. The summed E-state index contributed by atoms with van der Waals surface area (Å²) >= 11 is 6.57. The highest BCUT2D eigenvalue weighted by Gasteiger charge is 2.42. The zero-order valence-electron chi connectivity index (χ0n) is 25.0. The summed E-state index contributed by atoms with van der Waals surface area (Å²) in [6.45, 7) is 13.1. The van der Waals surface area contributed by atoms with E-state index >= 15 is 0 Å². The number of unbranched alkanes of at least 4 members (excludes halogenated alkanes) is 8. The number of ether oxygens (including phenoxy) is 3. The number of halogens is 1. The normalized spacial score (nSPS) is 13.7. The Hall–Kier alpha value is -0.610. The Bertz CT molecular complexity index is 624. The molecule has 216 valence electrons. The maximum absolute atomic E-state index is 6.62. The third-order valence-electron chi connectivity index (χ3n) is 7.26. The van der Waals surface area contributed by atoms with Gasteiger partial charge in [0.15, 0.2) is 0 Å². The highest BCUT2D eigenvalue weighted by molar-refractivity contribution is 6.20. The first-order valence-electron chi connectivity index (χ1n) is 15.7. The van der Waals surface area contributed by atoms with Crippen LogP contribution in [0.2, 0.25) is 0 Å². The molecule has 0 heterocycles. The van der Waals surface area contributed by atoms with Crippen molar-refractivity contribution in [1.82, 2.24) is 0 Å². The molecule has 0 spiro atoms. The largest absolute Gasteiger partial charge is 0.327 e. The van der Waals surface area contributed by atoms with Crippen molar-refractivity contribution in [3.05, 3.63) is 35.4 Å². The monoisotopic (exact) mass is 538 g/mol. The number of hydrogen-bond donors (Lipinski definition) is 0. The fourth-order valence-electron chi connectivity index (χ4n) is 4.74. The van der Waals surface area contributed by atoms with Crippen LogP contribution < -0.4 is 0 Å². The lowest BCUT2D eigenvalue weighted by Gasteiger charge is -2.40. The molecular formula is C33H59ClO3. The van der Waals surface area contributed by atoms with Crippen molar-refractivity contribution in [3.8, 4) is 0 Å². The summed E-state index contributed by atoms with van der Waals surface area (Å²) in [6, 6.07) is 8.83. The SMILES string of the molecule is CCCCCCCCC(CCc1cccc(C(Cl)CC)c1)C(OCCCC)(OCCCC)OCCCC. The van der Waals surface area contributed by atoms with Crippen LogP contribution in [0.4, 0.5) is 0 Å². The van der Waals surface area contributed by atoms with E-state index in [1.54, 1.807) is 0 Å². The fraction of sp³-hybridized carbons (Fsp3) is 0.818. The van der Waals surface area contributed by atoms with E-state index in [2.05, 4.69) is 58.9 Å². The molecule has 1 rings (SSSR count). The molecule has 0 aliphatic rings. The molecule has 0 radical (unpaired) electrons. The van der Waals surface area contributed by atoms with E-state index in [0.29, 0.717) is 19.8 Å². The van der Waals surface area contributed by atoms with E-state index < -0.39 is 5.97 Å². The summed E-state index contributed by atoms with van der Waals surface area (Å²) in [5.41, 5.74) is 2.56. The number of aryl methyl sites for hydroxylation is 1. The standard InChI is InChI=1S/C33H59ClO3/c1-6-11-15-16-17-18-22-31(24-23-29-20-19-21-30(28-29)32(34)10-5)33(35-25-12-7-2,36-26-13-8-3)37-27-14-9-4/h19-21,28,31-32H,6-18,22-27H2,1-5H3. The first-order chi connectivity index (χ1) is 18.1. The summed E-state index contributed by atoms with van der Waals surface area (Å²) in [5.74, 6) is -0.746. The lowest BCUT2D eigenvalue weighted by atomic mass is 9.90. The predicted molar refractivity (Wildman–Crippen MR) is 160 cm³/mol. The first-order valence-corrected chi connectivity index (χ1v) is 16.1. The van der Waals surface area contributed by atoms with Crippen molar-refractivity contribution in [2.45, 2.75) is 149 Å². The second-order valence-corrected chi connectivity index (χ2v) is 11.1. The van der Waals surface area contributed by atoms with Gasteiger partial charge in [-0.05, 0) is 56.1 Å². The van der Waals surface area contributed by atoms with Gasteiger partial charge in [-0.15, -0.1) is 11.6 Å². The van der Waals surface area contributed by atoms with E-state index in [4.69, 9.17) is 25.8 Å². The number of benzene rings is 1. The van der Waals surface area contributed by atoms with Crippen molar-refractivity contribution in [2.24, 2.45) is 5.92 Å². The number of hydrogen-bond acceptors (Lipinski definition) is 3. The Balaban J connectivity index is 3.13. The fourth-order valence-corrected chi connectivity index (χ4v) is 4.88. The van der Waals surface area contributed by atoms with Crippen LogP contribution in [0.1, 0.15) is 147 Å². The van der Waals surface area contributed by atoms with Crippen LogP contribution >= 0.6 is 11.6 Å². The smallest absolute Gasteiger partial charge is 0.285 e. The van der Waals surface area contributed by atoms with Crippen molar-refractivity contribution in [3.63, 3.8) is 0 Å². The minimum absolute atomic E-state index is 0.0742. The minimum atomic E-state index is -0.945. The molecule has 37 heavy (non-hydrogen) atoms. The van der Waals surface area contributed by atoms with Gasteiger partial charge in [-0.3, -0.25) is 0 Å². The zero-order valence-corrected chi connectivity index (χ0v) is 25.8. The maximum Gasteiger partial charge on any atom is 0.285 e. The van der Waals surface area contributed by atoms with Gasteiger partial charge in [0.25, 0.3) is 5.97 Å². The van der Waals surface area contributed by atoms with Crippen LogP contribution in [-0.4, -0.2) is 25.8 Å². The molecule has 4 heteroatoms. The van der Waals surface area contributed by atoms with E-state index in [1.165, 1.54) is 49.7 Å². The maximum atomic E-state index is 6.62. The lowest BCUT2D eigenvalue weighted by molar-refractivity contribution is -0.407.